The highest BCUT2D eigenvalue weighted by Crippen LogP contribution is 2.15. The summed E-state index contributed by atoms with van der Waals surface area (Å²) in [6, 6.07) is 2.07. The monoisotopic (exact) mass is 281 g/mol. The maximum Gasteiger partial charge on any atom is 0.356 e. The number of nitrogens with one attached hydrogen (secondary N) is 1. The van der Waals surface area contributed by atoms with Crippen LogP contribution in [0.15, 0.2) is 18.3 Å². The molecule has 20 heavy (non-hydrogen) atoms. The number of aliphatic hydroxyl groups is 1. The van der Waals surface area contributed by atoms with Gasteiger partial charge in [-0.3, -0.25) is 0 Å². The van der Waals surface area contributed by atoms with Crippen LogP contribution in [0, 0.1) is 0 Å². The number of hydrogen-bond acceptors (Lipinski definition) is 5. The normalized spacial score (nSPS) is 18.6. The van der Waals surface area contributed by atoms with Crippen molar-refractivity contribution >= 4 is 17.7 Å². The Hall–Kier alpha value is -2.19. The number of aromatic carboxylic acids is 1. The summed E-state index contributed by atoms with van der Waals surface area (Å²) in [6.07, 6.45) is 1.34. The Balaban J connectivity index is 2.13. The van der Waals surface area contributed by atoms with E-state index < -0.39 is 18.0 Å². The van der Waals surface area contributed by atoms with Gasteiger partial charge in [0.25, 0.3) is 0 Å². The van der Waals surface area contributed by atoms with Crippen LogP contribution in [0.3, 0.4) is 0 Å². The van der Waals surface area contributed by atoms with E-state index in [1.165, 1.54) is 23.2 Å². The molecule has 1 aliphatic heterocycles. The molecule has 1 aromatic heterocycles. The summed E-state index contributed by atoms with van der Waals surface area (Å²) < 4.78 is 5.18. The lowest BCUT2D eigenvalue weighted by Crippen LogP contribution is -2.52. The number of urea groups is 1. The van der Waals surface area contributed by atoms with Crippen LogP contribution in [0.2, 0.25) is 0 Å². The summed E-state index contributed by atoms with van der Waals surface area (Å²) >= 11 is 0. The summed E-state index contributed by atoms with van der Waals surface area (Å²) in [4.78, 5) is 28.3. The number of anilines is 1. The first kappa shape index (κ1) is 14.2. The first-order chi connectivity index (χ1) is 9.63. The maximum absolute atomic E-state index is 12.1. The van der Waals surface area contributed by atoms with Crippen LogP contribution in [-0.4, -0.2) is 64.5 Å². The molecule has 8 nitrogen and oxygen atoms in total. The van der Waals surface area contributed by atoms with E-state index in [0.29, 0.717) is 13.2 Å². The minimum absolute atomic E-state index is 0.119. The van der Waals surface area contributed by atoms with Gasteiger partial charge in [-0.15, -0.1) is 0 Å². The zero-order chi connectivity index (χ0) is 14.5. The number of rotatable bonds is 3. The Morgan fingerprint density at radius 2 is 2.35 bits per heavy atom. The second kappa shape index (κ2) is 6.31. The van der Waals surface area contributed by atoms with Crippen LogP contribution in [0.1, 0.15) is 10.5 Å². The lowest BCUT2D eigenvalue weighted by molar-refractivity contribution is -0.00485. The van der Waals surface area contributed by atoms with Crippen LogP contribution < -0.4 is 5.32 Å². The summed E-state index contributed by atoms with van der Waals surface area (Å²) in [5, 5.41) is 20.7. The van der Waals surface area contributed by atoms with Crippen molar-refractivity contribution in [2.75, 3.05) is 31.7 Å². The average Bonchev–Trinajstić information content (AvgIpc) is 2.47. The Bertz CT molecular complexity index is 508. The highest BCUT2D eigenvalue weighted by atomic mass is 16.5. The average molecular weight is 281 g/mol. The number of carboxylic acids is 1. The number of ether oxygens (including phenoxy) is 1. The quantitative estimate of drug-likeness (QED) is 0.719. The van der Waals surface area contributed by atoms with Crippen molar-refractivity contribution in [3.8, 4) is 0 Å². The molecule has 0 bridgehead atoms. The number of hydrogen-bond donors (Lipinski definition) is 3. The molecule has 108 valence electrons. The Labute approximate surface area is 115 Å². The predicted octanol–water partition coefficient (Wildman–Crippen LogP) is 0.00480. The smallest absolute Gasteiger partial charge is 0.356 e. The van der Waals surface area contributed by atoms with Gasteiger partial charge < -0.3 is 25.2 Å². The molecular formula is C12H15N3O5. The molecule has 1 unspecified atom stereocenters. The maximum atomic E-state index is 12.1. The fourth-order valence-electron chi connectivity index (χ4n) is 1.94. The molecule has 0 aromatic carbocycles. The van der Waals surface area contributed by atoms with Crippen molar-refractivity contribution in [1.82, 2.24) is 9.88 Å². The standard InChI is InChI=1S/C12H15N3O5/c16-6-8-7-20-5-4-15(8)12(19)14-9-2-1-3-13-10(9)11(17)18/h1-3,8,16H,4-7H2,(H,14,19)(H,17,18). The highest BCUT2D eigenvalue weighted by Gasteiger charge is 2.27. The Morgan fingerprint density at radius 3 is 3.05 bits per heavy atom. The molecule has 1 atom stereocenters. The van der Waals surface area contributed by atoms with Crippen molar-refractivity contribution < 1.29 is 24.5 Å². The molecule has 1 fully saturated rings. The lowest BCUT2D eigenvalue weighted by atomic mass is 10.2. The van der Waals surface area contributed by atoms with Gasteiger partial charge in [-0.1, -0.05) is 0 Å². The van der Waals surface area contributed by atoms with E-state index in [2.05, 4.69) is 10.3 Å². The molecule has 1 saturated heterocycles. The number of carboxylic acid groups (broad SMARTS) is 1. The second-order valence-electron chi connectivity index (χ2n) is 4.24. The number of aliphatic hydroxyl groups excluding tert-OH is 1. The van der Waals surface area contributed by atoms with E-state index in [0.717, 1.165) is 0 Å². The van der Waals surface area contributed by atoms with E-state index in [-0.39, 0.29) is 24.6 Å². The van der Waals surface area contributed by atoms with E-state index in [9.17, 15) is 14.7 Å². The lowest BCUT2D eigenvalue weighted by Gasteiger charge is -2.34. The fraction of sp³-hybridized carbons (Fsp3) is 0.417. The number of nitrogens with zero attached hydrogens (tertiary/aromatic N) is 2. The first-order valence-corrected chi connectivity index (χ1v) is 6.08. The molecule has 1 aliphatic rings. The number of aromatic nitrogens is 1. The van der Waals surface area contributed by atoms with Gasteiger partial charge in [0.2, 0.25) is 0 Å². The molecule has 0 radical (unpaired) electrons. The van der Waals surface area contributed by atoms with Gasteiger partial charge in [0, 0.05) is 12.7 Å². The van der Waals surface area contributed by atoms with Crippen LogP contribution in [0.4, 0.5) is 10.5 Å². The fourth-order valence-corrected chi connectivity index (χ4v) is 1.94. The summed E-state index contributed by atoms with van der Waals surface area (Å²) in [5.41, 5.74) is -0.108. The number of amides is 2. The van der Waals surface area contributed by atoms with E-state index in [4.69, 9.17) is 9.84 Å². The van der Waals surface area contributed by atoms with Crippen molar-refractivity contribution in [3.05, 3.63) is 24.0 Å². The van der Waals surface area contributed by atoms with E-state index in [1.54, 1.807) is 0 Å². The number of carbonyl (C=O) groups excluding carboxylic acids is 1. The molecule has 3 N–H and O–H groups in total. The molecular weight excluding hydrogens is 266 g/mol. The first-order valence-electron chi connectivity index (χ1n) is 6.08. The number of pyridine rings is 1. The molecule has 1 aromatic rings. The molecule has 2 heterocycles. The zero-order valence-corrected chi connectivity index (χ0v) is 10.7. The van der Waals surface area contributed by atoms with Crippen LogP contribution in [-0.2, 0) is 4.74 Å². The van der Waals surface area contributed by atoms with Crippen molar-refractivity contribution in [3.63, 3.8) is 0 Å². The molecule has 0 saturated carbocycles. The number of carbonyl (C=O) groups is 2. The second-order valence-corrected chi connectivity index (χ2v) is 4.24. The summed E-state index contributed by atoms with van der Waals surface area (Å²) in [7, 11) is 0. The molecule has 8 heteroatoms. The van der Waals surface area contributed by atoms with Gasteiger partial charge >= 0.3 is 12.0 Å². The Morgan fingerprint density at radius 1 is 1.55 bits per heavy atom. The van der Waals surface area contributed by atoms with Crippen molar-refractivity contribution in [1.29, 1.82) is 0 Å². The van der Waals surface area contributed by atoms with Crippen molar-refractivity contribution in [2.24, 2.45) is 0 Å². The minimum atomic E-state index is -1.22. The SMILES string of the molecule is O=C(O)c1ncccc1NC(=O)N1CCOCC1CO. The topological polar surface area (TPSA) is 112 Å². The van der Waals surface area contributed by atoms with Gasteiger partial charge in [0.15, 0.2) is 5.69 Å². The predicted molar refractivity (Wildman–Crippen MR) is 68.6 cm³/mol. The van der Waals surface area contributed by atoms with Crippen molar-refractivity contribution in [2.45, 2.75) is 6.04 Å². The number of morpholine rings is 1. The zero-order valence-electron chi connectivity index (χ0n) is 10.7. The Kier molecular flexibility index (Phi) is 4.49. The van der Waals surface area contributed by atoms with Crippen LogP contribution in [0.5, 0.6) is 0 Å². The third kappa shape index (κ3) is 3.03. The highest BCUT2D eigenvalue weighted by molar-refractivity contribution is 5.98. The van der Waals surface area contributed by atoms with Gasteiger partial charge in [-0.05, 0) is 12.1 Å². The largest absolute Gasteiger partial charge is 0.476 e. The third-order valence-electron chi connectivity index (χ3n) is 2.95. The van der Waals surface area contributed by atoms with Gasteiger partial charge in [-0.2, -0.15) is 0 Å². The summed E-state index contributed by atoms with van der Waals surface area (Å²) in [5.74, 6) is -1.22. The van der Waals surface area contributed by atoms with E-state index in [1.807, 2.05) is 0 Å². The molecule has 2 amide bonds. The van der Waals surface area contributed by atoms with Gasteiger partial charge in [-0.25, -0.2) is 14.6 Å². The molecule has 0 spiro atoms. The molecule has 2 rings (SSSR count). The summed E-state index contributed by atoms with van der Waals surface area (Å²) in [6.45, 7) is 0.747. The minimum Gasteiger partial charge on any atom is -0.476 e. The van der Waals surface area contributed by atoms with Gasteiger partial charge in [0.1, 0.15) is 0 Å². The van der Waals surface area contributed by atoms with Crippen LogP contribution in [0.25, 0.3) is 0 Å². The molecule has 0 aliphatic carbocycles. The van der Waals surface area contributed by atoms with Crippen LogP contribution >= 0.6 is 0 Å². The third-order valence-corrected chi connectivity index (χ3v) is 2.95. The van der Waals surface area contributed by atoms with Gasteiger partial charge in [0.05, 0.1) is 31.5 Å². The van der Waals surface area contributed by atoms with E-state index >= 15 is 0 Å².